The zero-order valence-electron chi connectivity index (χ0n) is 59.0. The zero-order chi connectivity index (χ0) is 63.5. The monoisotopic (exact) mass is 1250 g/mol. The summed E-state index contributed by atoms with van der Waals surface area (Å²) in [5, 5.41) is 54.9. The van der Waals surface area contributed by atoms with Gasteiger partial charge in [0.2, 0.25) is 5.91 Å². The van der Waals surface area contributed by atoms with Crippen molar-refractivity contribution in [1.82, 2.24) is 5.32 Å². The largest absolute Gasteiger partial charge is 0.394 e. The minimum atomic E-state index is -1.57. The predicted octanol–water partition coefficient (Wildman–Crippen LogP) is 22.6. The maximum absolute atomic E-state index is 13.2. The average Bonchev–Trinajstić information content (AvgIpc) is 3.28. The number of unbranched alkanes of at least 4 members (excludes halogenated alkanes) is 62. The molecule has 1 amide bonds. The fourth-order valence-corrected chi connectivity index (χ4v) is 13.4. The van der Waals surface area contributed by atoms with Crippen LogP contribution in [-0.4, -0.2) is 87.5 Å². The van der Waals surface area contributed by atoms with Crippen molar-refractivity contribution in [3.8, 4) is 0 Å². The minimum Gasteiger partial charge on any atom is -0.394 e. The van der Waals surface area contributed by atoms with Gasteiger partial charge in [-0.1, -0.05) is 418 Å². The Labute approximate surface area is 547 Å². The zero-order valence-corrected chi connectivity index (χ0v) is 59.0. The summed E-state index contributed by atoms with van der Waals surface area (Å²) in [6.07, 6.45) is 83.7. The molecule has 7 atom stereocenters. The van der Waals surface area contributed by atoms with E-state index in [1.54, 1.807) is 6.08 Å². The van der Waals surface area contributed by atoms with Crippen LogP contribution in [0, 0.1) is 0 Å². The highest BCUT2D eigenvalue weighted by molar-refractivity contribution is 5.76. The van der Waals surface area contributed by atoms with Crippen LogP contribution in [-0.2, 0) is 14.3 Å². The number of rotatable bonds is 72. The van der Waals surface area contributed by atoms with E-state index in [1.807, 2.05) is 6.08 Å². The molecule has 1 fully saturated rings. The molecule has 1 aliphatic heterocycles. The summed E-state index contributed by atoms with van der Waals surface area (Å²) >= 11 is 0. The van der Waals surface area contributed by atoms with Gasteiger partial charge in [0, 0.05) is 6.42 Å². The van der Waals surface area contributed by atoms with Crippen molar-refractivity contribution in [3.05, 3.63) is 12.2 Å². The number of ether oxygens (including phenoxy) is 2. The molecule has 0 aliphatic carbocycles. The smallest absolute Gasteiger partial charge is 0.220 e. The topological polar surface area (TPSA) is 149 Å². The molecule has 0 saturated carbocycles. The second-order valence-corrected chi connectivity index (χ2v) is 28.2. The first kappa shape index (κ1) is 84.9. The molecular formula is C79H155NO8. The number of amides is 1. The van der Waals surface area contributed by atoms with Gasteiger partial charge < -0.3 is 40.3 Å². The van der Waals surface area contributed by atoms with Crippen LogP contribution in [0.1, 0.15) is 431 Å². The lowest BCUT2D eigenvalue weighted by Crippen LogP contribution is -2.60. The summed E-state index contributed by atoms with van der Waals surface area (Å²) in [6, 6.07) is -0.803. The molecule has 9 nitrogen and oxygen atoms in total. The van der Waals surface area contributed by atoms with E-state index in [0.29, 0.717) is 6.42 Å². The number of carbonyl (C=O) groups excluding carboxylic acids is 1. The fourth-order valence-electron chi connectivity index (χ4n) is 13.4. The maximum atomic E-state index is 13.2. The van der Waals surface area contributed by atoms with E-state index in [4.69, 9.17) is 9.47 Å². The second-order valence-electron chi connectivity index (χ2n) is 28.2. The lowest BCUT2D eigenvalue weighted by Gasteiger charge is -2.40. The SMILES string of the molecule is CCCCCCCCCCCCCCCCCCCCCCCCCC/C=C/C(O)C(COC1OC(CO)C(O)C(O)C1O)NC(=O)CCCCCCCCCCCCCCCCCCCCCCCCCCCCCCCCCCCCCCCCC. The highest BCUT2D eigenvalue weighted by atomic mass is 16.7. The van der Waals surface area contributed by atoms with Crippen molar-refractivity contribution in [2.45, 2.75) is 474 Å². The van der Waals surface area contributed by atoms with Gasteiger partial charge in [-0.25, -0.2) is 0 Å². The summed E-state index contributed by atoms with van der Waals surface area (Å²) in [4.78, 5) is 13.2. The molecular weight excluding hydrogens is 1090 g/mol. The van der Waals surface area contributed by atoms with E-state index in [2.05, 4.69) is 19.2 Å². The maximum Gasteiger partial charge on any atom is 0.220 e. The third kappa shape index (κ3) is 56.5. The summed E-state index contributed by atoms with van der Waals surface area (Å²) in [6.45, 7) is 3.86. The Morgan fingerprint density at radius 3 is 0.886 bits per heavy atom. The standard InChI is InChI=1S/C79H155NO8/c1-3-5-7-9-11-13-15-17-19-21-23-25-27-29-31-32-33-34-35-36-37-38-39-40-41-42-43-45-47-49-51-53-55-57-59-61-63-65-67-69-75(83)80-72(71-87-79-78(86)77(85)76(84)74(70-81)88-79)73(82)68-66-64-62-60-58-56-54-52-50-48-46-44-30-28-26-24-22-20-18-16-14-12-10-8-6-4-2/h66,68,72-74,76-79,81-82,84-86H,3-65,67,69-71H2,1-2H3,(H,80,83)/b68-66+. The van der Waals surface area contributed by atoms with E-state index in [9.17, 15) is 30.3 Å². The van der Waals surface area contributed by atoms with Crippen molar-refractivity contribution in [1.29, 1.82) is 0 Å². The molecule has 1 heterocycles. The number of hydrogen-bond acceptors (Lipinski definition) is 8. The number of nitrogens with one attached hydrogen (secondary N) is 1. The van der Waals surface area contributed by atoms with E-state index in [-0.39, 0.29) is 12.5 Å². The first-order chi connectivity index (χ1) is 43.3. The molecule has 0 aromatic carbocycles. The van der Waals surface area contributed by atoms with E-state index in [1.165, 1.54) is 372 Å². The van der Waals surface area contributed by atoms with Crippen LogP contribution in [0.25, 0.3) is 0 Å². The van der Waals surface area contributed by atoms with E-state index < -0.39 is 49.5 Å². The number of aliphatic hydroxyl groups is 5. The third-order valence-corrected chi connectivity index (χ3v) is 19.6. The van der Waals surface area contributed by atoms with E-state index >= 15 is 0 Å². The van der Waals surface area contributed by atoms with Gasteiger partial charge in [0.1, 0.15) is 24.4 Å². The molecule has 0 spiro atoms. The van der Waals surface area contributed by atoms with Crippen LogP contribution >= 0.6 is 0 Å². The number of hydrogen-bond donors (Lipinski definition) is 6. The molecule has 9 heteroatoms. The summed E-state index contributed by atoms with van der Waals surface area (Å²) in [5.41, 5.74) is 0. The van der Waals surface area contributed by atoms with Crippen LogP contribution in [0.5, 0.6) is 0 Å². The Bertz CT molecular complexity index is 1400. The second kappa shape index (κ2) is 68.8. The minimum absolute atomic E-state index is 0.165. The summed E-state index contributed by atoms with van der Waals surface area (Å²) in [5.74, 6) is -0.165. The molecule has 1 rings (SSSR count). The highest BCUT2D eigenvalue weighted by Crippen LogP contribution is 2.24. The molecule has 0 radical (unpaired) electrons. The Morgan fingerprint density at radius 2 is 0.625 bits per heavy atom. The van der Waals surface area contributed by atoms with Crippen LogP contribution in [0.2, 0.25) is 0 Å². The van der Waals surface area contributed by atoms with E-state index in [0.717, 1.165) is 38.5 Å². The van der Waals surface area contributed by atoms with Crippen LogP contribution in [0.15, 0.2) is 12.2 Å². The lowest BCUT2D eigenvalue weighted by molar-refractivity contribution is -0.302. The van der Waals surface area contributed by atoms with Gasteiger partial charge >= 0.3 is 0 Å². The first-order valence-corrected chi connectivity index (χ1v) is 39.9. The van der Waals surface area contributed by atoms with Gasteiger partial charge in [-0.05, 0) is 19.3 Å². The van der Waals surface area contributed by atoms with Crippen LogP contribution in [0.4, 0.5) is 0 Å². The van der Waals surface area contributed by atoms with Crippen LogP contribution in [0.3, 0.4) is 0 Å². The fraction of sp³-hybridized carbons (Fsp3) is 0.962. The van der Waals surface area contributed by atoms with Gasteiger partial charge in [-0.2, -0.15) is 0 Å². The molecule has 524 valence electrons. The van der Waals surface area contributed by atoms with Gasteiger partial charge in [0.15, 0.2) is 6.29 Å². The van der Waals surface area contributed by atoms with Gasteiger partial charge in [-0.15, -0.1) is 0 Å². The van der Waals surface area contributed by atoms with Crippen LogP contribution < -0.4 is 5.32 Å². The Morgan fingerprint density at radius 1 is 0.375 bits per heavy atom. The van der Waals surface area contributed by atoms with Gasteiger partial charge in [-0.3, -0.25) is 4.79 Å². The Balaban J connectivity index is 2.03. The molecule has 0 aromatic rings. The summed E-state index contributed by atoms with van der Waals surface area (Å²) in [7, 11) is 0. The predicted molar refractivity (Wildman–Crippen MR) is 378 cm³/mol. The van der Waals surface area contributed by atoms with Gasteiger partial charge in [0.05, 0.1) is 25.4 Å². The lowest BCUT2D eigenvalue weighted by atomic mass is 9.99. The molecule has 0 bridgehead atoms. The van der Waals surface area contributed by atoms with Crippen molar-refractivity contribution >= 4 is 5.91 Å². The Hall–Kier alpha value is -1.07. The Kier molecular flexibility index (Phi) is 66.4. The molecule has 7 unspecified atom stereocenters. The van der Waals surface area contributed by atoms with Crippen molar-refractivity contribution in [2.24, 2.45) is 0 Å². The molecule has 88 heavy (non-hydrogen) atoms. The highest BCUT2D eigenvalue weighted by Gasteiger charge is 2.44. The third-order valence-electron chi connectivity index (χ3n) is 19.6. The van der Waals surface area contributed by atoms with Crippen molar-refractivity contribution in [3.63, 3.8) is 0 Å². The molecule has 1 saturated heterocycles. The first-order valence-electron chi connectivity index (χ1n) is 39.9. The number of carbonyl (C=O) groups is 1. The van der Waals surface area contributed by atoms with Crippen molar-refractivity contribution in [2.75, 3.05) is 13.2 Å². The van der Waals surface area contributed by atoms with Gasteiger partial charge in [0.25, 0.3) is 0 Å². The average molecular weight is 1250 g/mol. The quantitative estimate of drug-likeness (QED) is 0.0261. The number of aliphatic hydroxyl groups excluding tert-OH is 5. The van der Waals surface area contributed by atoms with Crippen molar-refractivity contribution < 1.29 is 39.8 Å². The summed E-state index contributed by atoms with van der Waals surface area (Å²) < 4.78 is 11.3. The normalized spacial score (nSPS) is 17.8. The number of allylic oxidation sites excluding steroid dienone is 1. The molecule has 0 aromatic heterocycles. The molecule has 6 N–H and O–H groups in total. The molecule has 1 aliphatic rings.